The second kappa shape index (κ2) is 7.69. The molecule has 0 aromatic heterocycles. The quantitative estimate of drug-likeness (QED) is 0.846. The molecule has 0 radical (unpaired) electrons. The molecule has 1 fully saturated rings. The van der Waals surface area contributed by atoms with Crippen molar-refractivity contribution in [2.75, 3.05) is 14.2 Å². The largest absolute Gasteiger partial charge is 0.497 e. The Hall–Kier alpha value is -1.22. The minimum atomic E-state index is 0.276. The highest BCUT2D eigenvalue weighted by Crippen LogP contribution is 2.34. The van der Waals surface area contributed by atoms with Crippen LogP contribution in [0, 0.1) is 5.92 Å². The molecular weight excluding hydrogens is 262 g/mol. The second-order valence-electron chi connectivity index (χ2n) is 6.08. The third-order valence-electron chi connectivity index (χ3n) is 4.79. The van der Waals surface area contributed by atoms with Gasteiger partial charge in [-0.1, -0.05) is 19.4 Å². The van der Waals surface area contributed by atoms with Crippen LogP contribution in [0.1, 0.15) is 57.6 Å². The number of ether oxygens (including phenoxy) is 2. The van der Waals surface area contributed by atoms with Gasteiger partial charge in [-0.05, 0) is 51.6 Å². The van der Waals surface area contributed by atoms with Gasteiger partial charge in [0, 0.05) is 17.7 Å². The molecule has 1 aliphatic rings. The van der Waals surface area contributed by atoms with E-state index in [4.69, 9.17) is 9.47 Å². The molecule has 1 atom stereocenters. The fourth-order valence-electron chi connectivity index (χ4n) is 3.09. The van der Waals surface area contributed by atoms with Crippen LogP contribution in [0.4, 0.5) is 0 Å². The van der Waals surface area contributed by atoms with Gasteiger partial charge in [0.25, 0.3) is 0 Å². The van der Waals surface area contributed by atoms with Crippen LogP contribution in [0.2, 0.25) is 0 Å². The molecule has 1 N–H and O–H groups in total. The lowest BCUT2D eigenvalue weighted by Crippen LogP contribution is -2.25. The van der Waals surface area contributed by atoms with Crippen molar-refractivity contribution in [3.8, 4) is 11.5 Å². The number of hydrogen-bond donors (Lipinski definition) is 1. The van der Waals surface area contributed by atoms with Crippen molar-refractivity contribution in [1.82, 2.24) is 5.32 Å². The third-order valence-corrected chi connectivity index (χ3v) is 4.79. The van der Waals surface area contributed by atoms with Gasteiger partial charge in [0.05, 0.1) is 13.2 Å². The van der Waals surface area contributed by atoms with Gasteiger partial charge in [-0.25, -0.2) is 0 Å². The smallest absolute Gasteiger partial charge is 0.128 e. The van der Waals surface area contributed by atoms with Crippen molar-refractivity contribution in [2.45, 2.75) is 58.1 Å². The van der Waals surface area contributed by atoms with E-state index in [0.717, 1.165) is 17.4 Å². The average Bonchev–Trinajstić information content (AvgIpc) is 2.54. The molecule has 0 bridgehead atoms. The molecule has 0 aliphatic heterocycles. The van der Waals surface area contributed by atoms with E-state index in [0.29, 0.717) is 6.10 Å². The van der Waals surface area contributed by atoms with Crippen LogP contribution in [-0.2, 0) is 0 Å². The molecule has 0 saturated heterocycles. The van der Waals surface area contributed by atoms with Crippen LogP contribution < -0.4 is 14.8 Å². The van der Waals surface area contributed by atoms with Gasteiger partial charge >= 0.3 is 0 Å². The topological polar surface area (TPSA) is 30.5 Å². The predicted octanol–water partition coefficient (Wildman–Crippen LogP) is 4.32. The van der Waals surface area contributed by atoms with Gasteiger partial charge in [-0.3, -0.25) is 0 Å². The van der Waals surface area contributed by atoms with Gasteiger partial charge in [-0.15, -0.1) is 0 Å². The molecule has 1 aromatic carbocycles. The highest BCUT2D eigenvalue weighted by atomic mass is 16.5. The van der Waals surface area contributed by atoms with Crippen LogP contribution >= 0.6 is 0 Å². The first-order chi connectivity index (χ1) is 10.2. The Morgan fingerprint density at radius 1 is 1.24 bits per heavy atom. The lowest BCUT2D eigenvalue weighted by molar-refractivity contribution is 0.128. The van der Waals surface area contributed by atoms with E-state index in [-0.39, 0.29) is 6.04 Å². The highest BCUT2D eigenvalue weighted by Gasteiger charge is 2.23. The number of hydrogen-bond acceptors (Lipinski definition) is 3. The summed E-state index contributed by atoms with van der Waals surface area (Å²) < 4.78 is 11.7. The van der Waals surface area contributed by atoms with E-state index < -0.39 is 0 Å². The zero-order chi connectivity index (χ0) is 15.2. The van der Waals surface area contributed by atoms with Crippen molar-refractivity contribution in [1.29, 1.82) is 0 Å². The molecule has 3 heteroatoms. The van der Waals surface area contributed by atoms with Crippen molar-refractivity contribution >= 4 is 0 Å². The average molecular weight is 291 g/mol. The van der Waals surface area contributed by atoms with Crippen molar-refractivity contribution in [3.05, 3.63) is 23.8 Å². The second-order valence-corrected chi connectivity index (χ2v) is 6.08. The number of methoxy groups -OCH3 is 1. The maximum absolute atomic E-state index is 6.32. The summed E-state index contributed by atoms with van der Waals surface area (Å²) in [7, 11) is 3.68. The Kier molecular flexibility index (Phi) is 5.92. The van der Waals surface area contributed by atoms with Crippen LogP contribution in [0.5, 0.6) is 11.5 Å². The van der Waals surface area contributed by atoms with Crippen molar-refractivity contribution < 1.29 is 9.47 Å². The lowest BCUT2D eigenvalue weighted by atomic mass is 9.86. The van der Waals surface area contributed by atoms with E-state index >= 15 is 0 Å². The molecule has 0 heterocycles. The van der Waals surface area contributed by atoms with Gasteiger partial charge < -0.3 is 14.8 Å². The molecule has 3 nitrogen and oxygen atoms in total. The Morgan fingerprint density at radius 2 is 1.95 bits per heavy atom. The zero-order valence-electron chi connectivity index (χ0n) is 13.8. The van der Waals surface area contributed by atoms with Crippen molar-refractivity contribution in [3.63, 3.8) is 0 Å². The van der Waals surface area contributed by atoms with Gasteiger partial charge in [0.2, 0.25) is 0 Å². The summed E-state index contributed by atoms with van der Waals surface area (Å²) in [5.74, 6) is 2.72. The van der Waals surface area contributed by atoms with Crippen molar-refractivity contribution in [2.24, 2.45) is 5.92 Å². The summed E-state index contributed by atoms with van der Waals surface area (Å²) in [4.78, 5) is 0. The van der Waals surface area contributed by atoms with Crippen LogP contribution in [0.25, 0.3) is 0 Å². The van der Waals surface area contributed by atoms with Crippen LogP contribution in [0.15, 0.2) is 18.2 Å². The molecule has 21 heavy (non-hydrogen) atoms. The van der Waals surface area contributed by atoms with Gasteiger partial charge in [0.15, 0.2) is 0 Å². The molecule has 2 rings (SSSR count). The Morgan fingerprint density at radius 3 is 2.52 bits per heavy atom. The molecule has 1 aliphatic carbocycles. The standard InChI is InChI=1S/C18H29NO2/c1-5-14-6-8-15(9-7-14)21-18-12-16(20-4)10-11-17(18)13(2)19-3/h10-15,19H,5-9H2,1-4H3. The first kappa shape index (κ1) is 16.2. The lowest BCUT2D eigenvalue weighted by Gasteiger charge is -2.29. The maximum Gasteiger partial charge on any atom is 0.128 e. The minimum absolute atomic E-state index is 0.276. The fourth-order valence-corrected chi connectivity index (χ4v) is 3.09. The number of nitrogens with one attached hydrogen (secondary N) is 1. The van der Waals surface area contributed by atoms with E-state index in [1.54, 1.807) is 7.11 Å². The Bertz CT molecular complexity index is 439. The number of benzene rings is 1. The van der Waals surface area contributed by atoms with Gasteiger partial charge in [0.1, 0.15) is 11.5 Å². The molecule has 118 valence electrons. The Labute approximate surface area is 129 Å². The summed E-state index contributed by atoms with van der Waals surface area (Å²) >= 11 is 0. The summed E-state index contributed by atoms with van der Waals surface area (Å²) in [6.45, 7) is 4.45. The number of rotatable bonds is 6. The Balaban J connectivity index is 2.10. The summed E-state index contributed by atoms with van der Waals surface area (Å²) in [5.41, 5.74) is 1.20. The van der Waals surface area contributed by atoms with E-state index in [2.05, 4.69) is 25.2 Å². The SMILES string of the molecule is CCC1CCC(Oc2cc(OC)ccc2C(C)NC)CC1. The maximum atomic E-state index is 6.32. The highest BCUT2D eigenvalue weighted by molar-refractivity contribution is 5.42. The first-order valence-corrected chi connectivity index (χ1v) is 8.19. The van der Waals surface area contributed by atoms with Crippen LogP contribution in [0.3, 0.4) is 0 Å². The third kappa shape index (κ3) is 4.13. The molecule has 1 unspecified atom stereocenters. The van der Waals surface area contributed by atoms with E-state index in [1.165, 1.54) is 37.7 Å². The molecule has 1 saturated carbocycles. The summed E-state index contributed by atoms with van der Waals surface area (Å²) in [6, 6.07) is 6.41. The fraction of sp³-hybridized carbons (Fsp3) is 0.667. The summed E-state index contributed by atoms with van der Waals surface area (Å²) in [5, 5.41) is 3.29. The first-order valence-electron chi connectivity index (χ1n) is 8.19. The monoisotopic (exact) mass is 291 g/mol. The zero-order valence-corrected chi connectivity index (χ0v) is 13.8. The van der Waals surface area contributed by atoms with Crippen LogP contribution in [-0.4, -0.2) is 20.3 Å². The molecular formula is C18H29NO2. The minimum Gasteiger partial charge on any atom is -0.497 e. The van der Waals surface area contributed by atoms with E-state index in [9.17, 15) is 0 Å². The molecule has 1 aromatic rings. The van der Waals surface area contributed by atoms with Gasteiger partial charge in [-0.2, -0.15) is 0 Å². The molecule has 0 amide bonds. The predicted molar refractivity (Wildman–Crippen MR) is 87.1 cm³/mol. The molecule has 0 spiro atoms. The normalized spacial score (nSPS) is 23.6. The van der Waals surface area contributed by atoms with E-state index in [1.807, 2.05) is 19.2 Å². The summed E-state index contributed by atoms with van der Waals surface area (Å²) in [6.07, 6.45) is 6.58.